The summed E-state index contributed by atoms with van der Waals surface area (Å²) in [6, 6.07) is 13.5. The molecule has 3 aromatic carbocycles. The molecule has 1 amide bonds. The molecule has 0 unspecified atom stereocenters. The number of benzene rings is 3. The van der Waals surface area contributed by atoms with E-state index in [9.17, 15) is 26.4 Å². The van der Waals surface area contributed by atoms with E-state index in [0.29, 0.717) is 11.1 Å². The van der Waals surface area contributed by atoms with Gasteiger partial charge in [-0.1, -0.05) is 23.7 Å². The van der Waals surface area contributed by atoms with Crippen LogP contribution in [-0.4, -0.2) is 21.4 Å². The number of rotatable bonds is 6. The van der Waals surface area contributed by atoms with Crippen LogP contribution in [-0.2, 0) is 16.2 Å². The van der Waals surface area contributed by atoms with Gasteiger partial charge in [0.1, 0.15) is 5.75 Å². The molecule has 3 rings (SSSR count). The van der Waals surface area contributed by atoms with E-state index < -0.39 is 27.7 Å². The Bertz CT molecular complexity index is 1260. The number of carbonyl (C=O) groups is 1. The Kier molecular flexibility index (Phi) is 6.65. The Balaban J connectivity index is 1.84. The summed E-state index contributed by atoms with van der Waals surface area (Å²) in [4.78, 5) is 12.3. The number of carbonyl (C=O) groups excluding carboxylic acids is 1. The maximum Gasteiger partial charge on any atom is 0.416 e. The average Bonchev–Trinajstić information content (AvgIpc) is 2.73. The molecule has 6 nitrogen and oxygen atoms in total. The second-order valence-corrected chi connectivity index (χ2v) is 8.63. The first-order chi connectivity index (χ1) is 15.0. The summed E-state index contributed by atoms with van der Waals surface area (Å²) in [5, 5.41) is 2.85. The molecule has 168 valence electrons. The van der Waals surface area contributed by atoms with Gasteiger partial charge in [-0.25, -0.2) is 8.42 Å². The normalized spacial score (nSPS) is 11.7. The van der Waals surface area contributed by atoms with Crippen molar-refractivity contribution in [3.05, 3.63) is 82.9 Å². The summed E-state index contributed by atoms with van der Waals surface area (Å²) >= 11 is 5.93. The Hall–Kier alpha value is -3.24. The molecule has 0 radical (unpaired) electrons. The zero-order valence-electron chi connectivity index (χ0n) is 16.4. The van der Waals surface area contributed by atoms with Gasteiger partial charge in [-0.2, -0.15) is 13.2 Å². The largest absolute Gasteiger partial charge is 0.496 e. The summed E-state index contributed by atoms with van der Waals surface area (Å²) in [5.41, 5.74) is -0.966. The fraction of sp³-hybridized carbons (Fsp3) is 0.0952. The number of alkyl halides is 3. The Labute approximate surface area is 187 Å². The minimum absolute atomic E-state index is 0.135. The smallest absolute Gasteiger partial charge is 0.416 e. The van der Waals surface area contributed by atoms with E-state index in [2.05, 4.69) is 10.0 Å². The SMILES string of the molecule is COc1ccc(Cl)cc1C(=O)Nc1cccc(S(=O)(=O)Nc2cccc(C(F)(F)F)c2)c1. The quantitative estimate of drug-likeness (QED) is 0.489. The predicted octanol–water partition coefficient (Wildman–Crippen LogP) is 5.42. The Morgan fingerprint density at radius 3 is 2.34 bits per heavy atom. The molecule has 0 spiro atoms. The monoisotopic (exact) mass is 484 g/mol. The summed E-state index contributed by atoms with van der Waals surface area (Å²) < 4.78 is 71.2. The van der Waals surface area contributed by atoms with Crippen molar-refractivity contribution in [3.8, 4) is 5.75 Å². The second kappa shape index (κ2) is 9.09. The molecular formula is C21H16ClF3N2O4S. The van der Waals surface area contributed by atoms with Gasteiger partial charge in [-0.15, -0.1) is 0 Å². The van der Waals surface area contributed by atoms with Gasteiger partial charge in [0.05, 0.1) is 23.1 Å². The van der Waals surface area contributed by atoms with Gasteiger partial charge < -0.3 is 10.1 Å². The van der Waals surface area contributed by atoms with Gasteiger partial charge in [0.2, 0.25) is 0 Å². The Morgan fingerprint density at radius 2 is 1.66 bits per heavy atom. The maximum atomic E-state index is 12.9. The van der Waals surface area contributed by atoms with E-state index in [1.54, 1.807) is 6.07 Å². The average molecular weight is 485 g/mol. The number of amides is 1. The molecule has 3 aromatic rings. The van der Waals surface area contributed by atoms with Crippen LogP contribution < -0.4 is 14.8 Å². The maximum absolute atomic E-state index is 12.9. The van der Waals surface area contributed by atoms with Gasteiger partial charge in [-0.3, -0.25) is 9.52 Å². The van der Waals surface area contributed by atoms with Crippen LogP contribution in [0.25, 0.3) is 0 Å². The van der Waals surface area contributed by atoms with Crippen LogP contribution >= 0.6 is 11.6 Å². The first-order valence-corrected chi connectivity index (χ1v) is 10.8. The third-order valence-electron chi connectivity index (χ3n) is 4.25. The topological polar surface area (TPSA) is 84.5 Å². The zero-order valence-corrected chi connectivity index (χ0v) is 18.0. The lowest BCUT2D eigenvalue weighted by atomic mass is 10.2. The molecule has 32 heavy (non-hydrogen) atoms. The number of anilines is 2. The lowest BCUT2D eigenvalue weighted by molar-refractivity contribution is -0.137. The van der Waals surface area contributed by atoms with Crippen molar-refractivity contribution in [2.45, 2.75) is 11.1 Å². The highest BCUT2D eigenvalue weighted by atomic mass is 35.5. The van der Waals surface area contributed by atoms with Gasteiger partial charge in [0, 0.05) is 16.4 Å². The standard InChI is InChI=1S/C21H16ClF3N2O4S/c1-31-19-9-8-14(22)11-18(19)20(28)26-15-5-3-7-17(12-15)32(29,30)27-16-6-2-4-13(10-16)21(23,24)25/h2-12,27H,1H3,(H,26,28). The van der Waals surface area contributed by atoms with Crippen LogP contribution in [0, 0.1) is 0 Å². The number of hydrogen-bond donors (Lipinski definition) is 2. The van der Waals surface area contributed by atoms with Crippen LogP contribution in [0.4, 0.5) is 24.5 Å². The molecule has 0 bridgehead atoms. The van der Waals surface area contributed by atoms with E-state index in [1.807, 2.05) is 0 Å². The molecule has 0 heterocycles. The van der Waals surface area contributed by atoms with Crippen LogP contribution in [0.1, 0.15) is 15.9 Å². The number of sulfonamides is 1. The highest BCUT2D eigenvalue weighted by molar-refractivity contribution is 7.92. The van der Waals surface area contributed by atoms with Gasteiger partial charge in [0.25, 0.3) is 15.9 Å². The van der Waals surface area contributed by atoms with E-state index in [4.69, 9.17) is 16.3 Å². The summed E-state index contributed by atoms with van der Waals surface area (Å²) in [5.74, 6) is -0.327. The van der Waals surface area contributed by atoms with E-state index in [-0.39, 0.29) is 27.6 Å². The first-order valence-electron chi connectivity index (χ1n) is 8.94. The molecule has 0 atom stereocenters. The number of nitrogens with one attached hydrogen (secondary N) is 2. The van der Waals surface area contributed by atoms with Crippen molar-refractivity contribution < 1.29 is 31.1 Å². The molecule has 0 saturated heterocycles. The van der Waals surface area contributed by atoms with Gasteiger partial charge >= 0.3 is 6.18 Å². The Morgan fingerprint density at radius 1 is 0.969 bits per heavy atom. The minimum Gasteiger partial charge on any atom is -0.496 e. The molecule has 0 aliphatic rings. The zero-order chi connectivity index (χ0) is 23.5. The van der Waals surface area contributed by atoms with Crippen molar-refractivity contribution in [1.29, 1.82) is 0 Å². The van der Waals surface area contributed by atoms with Gasteiger partial charge in [0.15, 0.2) is 0 Å². The van der Waals surface area contributed by atoms with Crippen LogP contribution in [0.15, 0.2) is 71.6 Å². The highest BCUT2D eigenvalue weighted by Crippen LogP contribution is 2.31. The third kappa shape index (κ3) is 5.51. The number of halogens is 4. The summed E-state index contributed by atoms with van der Waals surface area (Å²) in [6.07, 6.45) is -4.62. The number of methoxy groups -OCH3 is 1. The van der Waals surface area contributed by atoms with Crippen molar-refractivity contribution in [1.82, 2.24) is 0 Å². The molecule has 2 N–H and O–H groups in total. The fourth-order valence-electron chi connectivity index (χ4n) is 2.77. The lowest BCUT2D eigenvalue weighted by Gasteiger charge is -2.13. The van der Waals surface area contributed by atoms with Crippen molar-refractivity contribution in [2.75, 3.05) is 17.1 Å². The third-order valence-corrected chi connectivity index (χ3v) is 5.86. The summed E-state index contributed by atoms with van der Waals surface area (Å²) in [6.45, 7) is 0. The highest BCUT2D eigenvalue weighted by Gasteiger charge is 2.30. The molecular weight excluding hydrogens is 469 g/mol. The minimum atomic E-state index is -4.62. The first kappa shape index (κ1) is 23.4. The number of hydrogen-bond acceptors (Lipinski definition) is 4. The molecule has 0 aromatic heterocycles. The van der Waals surface area contributed by atoms with Crippen LogP contribution in [0.3, 0.4) is 0 Å². The number of ether oxygens (including phenoxy) is 1. The second-order valence-electron chi connectivity index (χ2n) is 6.51. The predicted molar refractivity (Wildman–Crippen MR) is 115 cm³/mol. The van der Waals surface area contributed by atoms with Crippen molar-refractivity contribution in [2.24, 2.45) is 0 Å². The molecule has 0 fully saturated rings. The molecule has 11 heteroatoms. The van der Waals surface area contributed by atoms with Crippen LogP contribution in [0.5, 0.6) is 5.75 Å². The molecule has 0 saturated carbocycles. The lowest BCUT2D eigenvalue weighted by Crippen LogP contribution is -2.16. The van der Waals surface area contributed by atoms with Crippen LogP contribution in [0.2, 0.25) is 5.02 Å². The van der Waals surface area contributed by atoms with Crippen molar-refractivity contribution in [3.63, 3.8) is 0 Å². The van der Waals surface area contributed by atoms with E-state index in [0.717, 1.165) is 12.1 Å². The molecule has 0 aliphatic heterocycles. The van der Waals surface area contributed by atoms with E-state index >= 15 is 0 Å². The summed E-state index contributed by atoms with van der Waals surface area (Å²) in [7, 11) is -2.85. The van der Waals surface area contributed by atoms with Gasteiger partial charge in [-0.05, 0) is 54.6 Å². The van der Waals surface area contributed by atoms with E-state index in [1.165, 1.54) is 49.6 Å². The van der Waals surface area contributed by atoms with Crippen molar-refractivity contribution >= 4 is 38.9 Å². The fourth-order valence-corrected chi connectivity index (χ4v) is 4.04. The molecule has 0 aliphatic carbocycles.